The Bertz CT molecular complexity index is 1210. The number of rotatable bonds is 8. The molecule has 0 bridgehead atoms. The van der Waals surface area contributed by atoms with Gasteiger partial charge in [0.25, 0.3) is 0 Å². The number of unbranched alkanes of at least 4 members (excludes halogenated alkanes) is 3. The van der Waals surface area contributed by atoms with E-state index in [0.717, 1.165) is 41.9 Å². The molecule has 2 aromatic heterocycles. The van der Waals surface area contributed by atoms with Gasteiger partial charge in [0, 0.05) is 27.7 Å². The molecule has 6 nitrogen and oxygen atoms in total. The third-order valence-electron chi connectivity index (χ3n) is 5.34. The summed E-state index contributed by atoms with van der Waals surface area (Å²) >= 11 is 18.8. The zero-order valence-corrected chi connectivity index (χ0v) is 20.2. The van der Waals surface area contributed by atoms with Gasteiger partial charge in [0.05, 0.1) is 16.4 Å². The van der Waals surface area contributed by atoms with Crippen LogP contribution >= 0.6 is 34.8 Å². The highest BCUT2D eigenvalue weighted by atomic mass is 35.5. The lowest BCUT2D eigenvalue weighted by atomic mass is 10.1. The predicted molar refractivity (Wildman–Crippen MR) is 130 cm³/mol. The van der Waals surface area contributed by atoms with Crippen molar-refractivity contribution in [2.75, 3.05) is 0 Å². The molecule has 0 N–H and O–H groups in total. The van der Waals surface area contributed by atoms with Gasteiger partial charge in [-0.1, -0.05) is 73.1 Å². The summed E-state index contributed by atoms with van der Waals surface area (Å²) in [5.74, 6) is 0.637. The molecule has 0 aliphatic rings. The summed E-state index contributed by atoms with van der Waals surface area (Å²) in [6, 6.07) is 13.0. The Morgan fingerprint density at radius 1 is 0.906 bits per heavy atom. The Balaban J connectivity index is 1.84. The fraction of sp³-hybridized carbons (Fsp3) is 0.304. The first-order chi connectivity index (χ1) is 15.5. The number of nitrogens with zero attached hydrogens (tertiary/aromatic N) is 6. The van der Waals surface area contributed by atoms with E-state index in [0.29, 0.717) is 26.6 Å². The third-order valence-corrected chi connectivity index (χ3v) is 6.13. The topological polar surface area (TPSA) is 61.4 Å². The minimum atomic E-state index is 0.501. The van der Waals surface area contributed by atoms with Crippen LogP contribution in [0.1, 0.15) is 38.2 Å². The molecule has 0 amide bonds. The zero-order chi connectivity index (χ0) is 22.7. The van der Waals surface area contributed by atoms with Crippen molar-refractivity contribution in [2.45, 2.75) is 46.1 Å². The number of aryl methyl sites for hydroxylation is 1. The van der Waals surface area contributed by atoms with Crippen LogP contribution in [0.15, 0.2) is 42.5 Å². The van der Waals surface area contributed by atoms with Crippen molar-refractivity contribution in [3.05, 3.63) is 63.1 Å². The highest BCUT2D eigenvalue weighted by molar-refractivity contribution is 6.35. The van der Waals surface area contributed by atoms with Gasteiger partial charge in [0.1, 0.15) is 5.69 Å². The van der Waals surface area contributed by atoms with E-state index in [9.17, 15) is 0 Å². The average molecular weight is 490 g/mol. The number of halogens is 3. The van der Waals surface area contributed by atoms with E-state index in [2.05, 4.69) is 22.4 Å². The van der Waals surface area contributed by atoms with E-state index in [1.165, 1.54) is 12.8 Å². The lowest BCUT2D eigenvalue weighted by Crippen LogP contribution is -2.04. The Labute approximate surface area is 202 Å². The van der Waals surface area contributed by atoms with Gasteiger partial charge in [0.15, 0.2) is 0 Å². The molecule has 166 valence electrons. The molecule has 4 aromatic rings. The third kappa shape index (κ3) is 4.68. The summed E-state index contributed by atoms with van der Waals surface area (Å²) in [5, 5.41) is 19.0. The molecule has 0 saturated carbocycles. The number of aromatic nitrogens is 6. The maximum Gasteiger partial charge on any atom is 0.202 e. The van der Waals surface area contributed by atoms with Crippen LogP contribution in [0.25, 0.3) is 28.5 Å². The molecule has 9 heteroatoms. The molecule has 0 spiro atoms. The molecule has 0 aliphatic heterocycles. The number of hydrogen-bond acceptors (Lipinski definition) is 4. The van der Waals surface area contributed by atoms with Crippen LogP contribution in [0.3, 0.4) is 0 Å². The average Bonchev–Trinajstić information content (AvgIpc) is 3.36. The predicted octanol–water partition coefficient (Wildman–Crippen LogP) is 7.04. The van der Waals surface area contributed by atoms with Crippen LogP contribution in [0.4, 0.5) is 0 Å². The van der Waals surface area contributed by atoms with Gasteiger partial charge in [-0.2, -0.15) is 5.10 Å². The van der Waals surface area contributed by atoms with E-state index in [1.807, 2.05) is 46.6 Å². The molecule has 0 radical (unpaired) electrons. The summed E-state index contributed by atoms with van der Waals surface area (Å²) in [6.45, 7) is 4.95. The van der Waals surface area contributed by atoms with E-state index in [1.54, 1.807) is 12.1 Å². The van der Waals surface area contributed by atoms with Gasteiger partial charge in [-0.15, -0.1) is 5.10 Å². The minimum absolute atomic E-state index is 0.501. The maximum atomic E-state index is 6.55. The Kier molecular flexibility index (Phi) is 7.13. The molecule has 32 heavy (non-hydrogen) atoms. The molecule has 0 aliphatic carbocycles. The van der Waals surface area contributed by atoms with Crippen molar-refractivity contribution in [1.82, 2.24) is 30.0 Å². The van der Waals surface area contributed by atoms with Gasteiger partial charge in [-0.25, -0.2) is 9.36 Å². The summed E-state index contributed by atoms with van der Waals surface area (Å²) in [4.78, 5) is 0. The Morgan fingerprint density at radius 3 is 2.38 bits per heavy atom. The molecular weight excluding hydrogens is 467 g/mol. The molecule has 0 saturated heterocycles. The molecule has 2 aromatic carbocycles. The molecule has 0 fully saturated rings. The van der Waals surface area contributed by atoms with Gasteiger partial charge in [0.2, 0.25) is 5.82 Å². The Morgan fingerprint density at radius 2 is 1.66 bits per heavy atom. The normalized spacial score (nSPS) is 11.3. The number of hydrogen-bond donors (Lipinski definition) is 0. The van der Waals surface area contributed by atoms with Gasteiger partial charge in [-0.05, 0) is 54.1 Å². The fourth-order valence-corrected chi connectivity index (χ4v) is 4.31. The first kappa shape index (κ1) is 22.8. The van der Waals surface area contributed by atoms with Crippen LogP contribution in [0, 0.1) is 6.92 Å². The summed E-state index contributed by atoms with van der Waals surface area (Å²) in [5.41, 5.74) is 4.22. The van der Waals surface area contributed by atoms with E-state index >= 15 is 0 Å². The Hall–Kier alpha value is -2.41. The second kappa shape index (κ2) is 10.0. The van der Waals surface area contributed by atoms with Crippen molar-refractivity contribution in [1.29, 1.82) is 0 Å². The molecule has 4 rings (SSSR count). The van der Waals surface area contributed by atoms with Gasteiger partial charge in [-0.3, -0.25) is 0 Å². The second-order valence-corrected chi connectivity index (χ2v) is 8.90. The summed E-state index contributed by atoms with van der Waals surface area (Å²) in [7, 11) is 0. The summed E-state index contributed by atoms with van der Waals surface area (Å²) in [6.07, 6.45) is 4.53. The minimum Gasteiger partial charge on any atom is -0.231 e. The zero-order valence-electron chi connectivity index (χ0n) is 17.9. The van der Waals surface area contributed by atoms with Gasteiger partial charge >= 0.3 is 0 Å². The van der Waals surface area contributed by atoms with Crippen molar-refractivity contribution >= 4 is 34.8 Å². The first-order valence-corrected chi connectivity index (χ1v) is 11.7. The van der Waals surface area contributed by atoms with Gasteiger partial charge < -0.3 is 0 Å². The standard InChI is InChI=1S/C23H23Cl3N6/c1-3-4-5-6-13-31-23(27-29-30-31)21-15(2)22(16-7-9-17(24)10-8-16)32(28-21)20-12-11-18(25)14-19(20)26/h7-12,14H,3-6,13H2,1-2H3. The van der Waals surface area contributed by atoms with E-state index in [-0.39, 0.29) is 0 Å². The van der Waals surface area contributed by atoms with Crippen LogP contribution < -0.4 is 0 Å². The SMILES string of the molecule is CCCCCCn1nnnc1-c1nn(-c2ccc(Cl)cc2Cl)c(-c2ccc(Cl)cc2)c1C. The smallest absolute Gasteiger partial charge is 0.202 e. The van der Waals surface area contributed by atoms with Crippen molar-refractivity contribution in [2.24, 2.45) is 0 Å². The van der Waals surface area contributed by atoms with Crippen LogP contribution in [0.5, 0.6) is 0 Å². The monoisotopic (exact) mass is 488 g/mol. The van der Waals surface area contributed by atoms with Crippen LogP contribution in [-0.2, 0) is 6.54 Å². The van der Waals surface area contributed by atoms with Crippen LogP contribution in [-0.4, -0.2) is 30.0 Å². The molecule has 0 atom stereocenters. The van der Waals surface area contributed by atoms with E-state index < -0.39 is 0 Å². The maximum absolute atomic E-state index is 6.55. The lowest BCUT2D eigenvalue weighted by molar-refractivity contribution is 0.530. The lowest BCUT2D eigenvalue weighted by Gasteiger charge is -2.11. The van der Waals surface area contributed by atoms with E-state index in [4.69, 9.17) is 39.9 Å². The number of tetrazole rings is 1. The largest absolute Gasteiger partial charge is 0.231 e. The first-order valence-electron chi connectivity index (χ1n) is 10.6. The van der Waals surface area contributed by atoms with Crippen LogP contribution in [0.2, 0.25) is 15.1 Å². The fourth-order valence-electron chi connectivity index (χ4n) is 3.70. The highest BCUT2D eigenvalue weighted by Crippen LogP contribution is 2.35. The molecule has 0 unspecified atom stereocenters. The summed E-state index contributed by atoms with van der Waals surface area (Å²) < 4.78 is 3.65. The second-order valence-electron chi connectivity index (χ2n) is 7.62. The highest BCUT2D eigenvalue weighted by Gasteiger charge is 2.23. The van der Waals surface area contributed by atoms with Crippen molar-refractivity contribution in [3.63, 3.8) is 0 Å². The van der Waals surface area contributed by atoms with Crippen molar-refractivity contribution < 1.29 is 0 Å². The molecular formula is C23H23Cl3N6. The quantitative estimate of drug-likeness (QED) is 0.249. The molecule has 2 heterocycles. The number of benzene rings is 2. The van der Waals surface area contributed by atoms with Crippen molar-refractivity contribution in [3.8, 4) is 28.5 Å².